The second-order valence-corrected chi connectivity index (χ2v) is 7.13. The van der Waals surface area contributed by atoms with E-state index >= 15 is 0 Å². The minimum absolute atomic E-state index is 0.0489. The molecule has 0 radical (unpaired) electrons. The molecule has 138 valence electrons. The van der Waals surface area contributed by atoms with Gasteiger partial charge in [0, 0.05) is 12.6 Å². The van der Waals surface area contributed by atoms with Crippen molar-refractivity contribution in [2.24, 2.45) is 5.92 Å². The Hall–Kier alpha value is -1.88. The van der Waals surface area contributed by atoms with Crippen molar-refractivity contribution in [3.05, 3.63) is 64.7 Å². The number of hydrogen-bond acceptors (Lipinski definition) is 4. The first-order valence-corrected chi connectivity index (χ1v) is 9.50. The van der Waals surface area contributed by atoms with Gasteiger partial charge in [0.15, 0.2) is 0 Å². The average Bonchev–Trinajstić information content (AvgIpc) is 2.69. The molecule has 0 spiro atoms. The number of rotatable bonds is 6. The minimum Gasteiger partial charge on any atom is -0.425 e. The maximum absolute atomic E-state index is 12.4. The molecule has 1 heterocycles. The van der Waals surface area contributed by atoms with Crippen LogP contribution >= 0.6 is 11.6 Å². The normalized spacial score (nSPS) is 16.2. The van der Waals surface area contributed by atoms with Crippen molar-refractivity contribution < 1.29 is 9.53 Å². The predicted molar refractivity (Wildman–Crippen MR) is 104 cm³/mol. The maximum atomic E-state index is 12.4. The van der Waals surface area contributed by atoms with Crippen LogP contribution in [0.3, 0.4) is 0 Å². The molecule has 2 N–H and O–H groups in total. The monoisotopic (exact) mass is 372 g/mol. The molecule has 1 aliphatic rings. The third-order valence-electron chi connectivity index (χ3n) is 4.79. The summed E-state index contributed by atoms with van der Waals surface area (Å²) in [7, 11) is 0. The summed E-state index contributed by atoms with van der Waals surface area (Å²) in [5.41, 5.74) is 2.27. The van der Waals surface area contributed by atoms with Gasteiger partial charge in [-0.2, -0.15) is 0 Å². The molecule has 1 unspecified atom stereocenters. The smallest absolute Gasteiger partial charge is 0.314 e. The van der Waals surface area contributed by atoms with Gasteiger partial charge in [-0.05, 0) is 56.1 Å². The zero-order valence-corrected chi connectivity index (χ0v) is 15.8. The summed E-state index contributed by atoms with van der Waals surface area (Å²) in [6.07, 6.45) is 1.62. The van der Waals surface area contributed by atoms with Crippen molar-refractivity contribution in [3.63, 3.8) is 0 Å². The molecule has 1 aliphatic heterocycles. The standard InChI is InChI=1S/C21H25ClN2O2/c1-15(17-5-3-2-4-6-17)24-14-16-7-8-19(22)20(13-16)26-21(25)18-9-11-23-12-10-18/h2-8,13,15,18,23-24H,9-12,14H2,1H3. The van der Waals surface area contributed by atoms with Crippen LogP contribution in [0.15, 0.2) is 48.5 Å². The SMILES string of the molecule is CC(NCc1ccc(Cl)c(OC(=O)C2CCNCC2)c1)c1ccccc1. The van der Waals surface area contributed by atoms with Gasteiger partial charge in [0.1, 0.15) is 5.75 Å². The molecule has 26 heavy (non-hydrogen) atoms. The highest BCUT2D eigenvalue weighted by Gasteiger charge is 2.23. The van der Waals surface area contributed by atoms with Gasteiger partial charge in [-0.3, -0.25) is 4.79 Å². The second kappa shape index (κ2) is 9.17. The van der Waals surface area contributed by atoms with Crippen molar-refractivity contribution in [3.8, 4) is 5.75 Å². The number of carbonyl (C=O) groups is 1. The fraction of sp³-hybridized carbons (Fsp3) is 0.381. The molecule has 0 aromatic heterocycles. The minimum atomic E-state index is -0.184. The van der Waals surface area contributed by atoms with Crippen LogP contribution in [0.25, 0.3) is 0 Å². The van der Waals surface area contributed by atoms with Crippen LogP contribution in [0.1, 0.15) is 36.9 Å². The summed E-state index contributed by atoms with van der Waals surface area (Å²) in [6.45, 7) is 4.51. The second-order valence-electron chi connectivity index (χ2n) is 6.72. The number of piperidine rings is 1. The van der Waals surface area contributed by atoms with Gasteiger partial charge in [0.05, 0.1) is 10.9 Å². The molecular weight excluding hydrogens is 348 g/mol. The molecule has 1 fully saturated rings. The Kier molecular flexibility index (Phi) is 6.67. The van der Waals surface area contributed by atoms with Crippen LogP contribution in [0, 0.1) is 5.92 Å². The Morgan fingerprint density at radius 1 is 1.23 bits per heavy atom. The lowest BCUT2D eigenvalue weighted by molar-refractivity contribution is -0.139. The third kappa shape index (κ3) is 5.07. The van der Waals surface area contributed by atoms with E-state index in [1.165, 1.54) is 5.56 Å². The summed E-state index contributed by atoms with van der Waals surface area (Å²) >= 11 is 6.23. The Morgan fingerprint density at radius 2 is 1.96 bits per heavy atom. The van der Waals surface area contributed by atoms with E-state index in [1.54, 1.807) is 6.07 Å². The number of carbonyl (C=O) groups excluding carboxylic acids is 1. The van der Waals surface area contributed by atoms with E-state index < -0.39 is 0 Å². The van der Waals surface area contributed by atoms with E-state index in [2.05, 4.69) is 29.7 Å². The first-order valence-electron chi connectivity index (χ1n) is 9.12. The van der Waals surface area contributed by atoms with E-state index in [9.17, 15) is 4.79 Å². The highest BCUT2D eigenvalue weighted by Crippen LogP contribution is 2.27. The number of ether oxygens (including phenoxy) is 1. The lowest BCUT2D eigenvalue weighted by Crippen LogP contribution is -2.33. The van der Waals surface area contributed by atoms with Crippen LogP contribution in [0.5, 0.6) is 5.75 Å². The van der Waals surface area contributed by atoms with Gasteiger partial charge < -0.3 is 15.4 Å². The maximum Gasteiger partial charge on any atom is 0.314 e. The quantitative estimate of drug-likeness (QED) is 0.592. The number of esters is 1. The summed E-state index contributed by atoms with van der Waals surface area (Å²) in [4.78, 5) is 12.4. The van der Waals surface area contributed by atoms with Gasteiger partial charge in [0.2, 0.25) is 0 Å². The molecular formula is C21H25ClN2O2. The predicted octanol–water partition coefficient (Wildman–Crippen LogP) is 4.10. The van der Waals surface area contributed by atoms with E-state index in [0.29, 0.717) is 17.3 Å². The fourth-order valence-corrected chi connectivity index (χ4v) is 3.27. The zero-order valence-electron chi connectivity index (χ0n) is 15.0. The lowest BCUT2D eigenvalue weighted by atomic mass is 9.98. The molecule has 1 atom stereocenters. The van der Waals surface area contributed by atoms with Gasteiger partial charge in [0.25, 0.3) is 0 Å². The molecule has 1 saturated heterocycles. The van der Waals surface area contributed by atoms with Gasteiger partial charge in [-0.1, -0.05) is 48.0 Å². The van der Waals surface area contributed by atoms with E-state index in [-0.39, 0.29) is 17.9 Å². The Balaban J connectivity index is 1.61. The lowest BCUT2D eigenvalue weighted by Gasteiger charge is -2.21. The molecule has 0 saturated carbocycles. The van der Waals surface area contributed by atoms with Gasteiger partial charge in [-0.25, -0.2) is 0 Å². The van der Waals surface area contributed by atoms with Crippen LogP contribution in [-0.2, 0) is 11.3 Å². The Bertz CT molecular complexity index is 730. The summed E-state index contributed by atoms with van der Waals surface area (Å²) < 4.78 is 5.59. The molecule has 3 rings (SSSR count). The van der Waals surface area contributed by atoms with Crippen molar-refractivity contribution in [1.29, 1.82) is 0 Å². The van der Waals surface area contributed by atoms with E-state index in [1.807, 2.05) is 30.3 Å². The highest BCUT2D eigenvalue weighted by atomic mass is 35.5. The number of hydrogen-bond donors (Lipinski definition) is 2. The summed E-state index contributed by atoms with van der Waals surface area (Å²) in [5.74, 6) is 0.213. The van der Waals surface area contributed by atoms with Crippen molar-refractivity contribution >= 4 is 17.6 Å². The van der Waals surface area contributed by atoms with Crippen molar-refractivity contribution in [2.75, 3.05) is 13.1 Å². The van der Waals surface area contributed by atoms with Crippen LogP contribution in [-0.4, -0.2) is 19.1 Å². The molecule has 2 aromatic carbocycles. The molecule has 5 heteroatoms. The van der Waals surface area contributed by atoms with Crippen molar-refractivity contribution in [2.45, 2.75) is 32.4 Å². The topological polar surface area (TPSA) is 50.4 Å². The molecule has 0 bridgehead atoms. The number of halogens is 1. The number of benzene rings is 2. The summed E-state index contributed by atoms with van der Waals surface area (Å²) in [6, 6.07) is 16.1. The van der Waals surface area contributed by atoms with Crippen LogP contribution in [0.4, 0.5) is 0 Å². The average molecular weight is 373 g/mol. The van der Waals surface area contributed by atoms with E-state index in [0.717, 1.165) is 31.5 Å². The molecule has 4 nitrogen and oxygen atoms in total. The zero-order chi connectivity index (χ0) is 18.4. The Labute approximate surface area is 159 Å². The highest BCUT2D eigenvalue weighted by molar-refractivity contribution is 6.32. The third-order valence-corrected chi connectivity index (χ3v) is 5.10. The molecule has 2 aromatic rings. The number of nitrogens with one attached hydrogen (secondary N) is 2. The Morgan fingerprint density at radius 3 is 2.69 bits per heavy atom. The van der Waals surface area contributed by atoms with Crippen molar-refractivity contribution in [1.82, 2.24) is 10.6 Å². The van der Waals surface area contributed by atoms with E-state index in [4.69, 9.17) is 16.3 Å². The molecule has 0 amide bonds. The van der Waals surface area contributed by atoms with Crippen LogP contribution in [0.2, 0.25) is 5.02 Å². The van der Waals surface area contributed by atoms with Crippen LogP contribution < -0.4 is 15.4 Å². The summed E-state index contributed by atoms with van der Waals surface area (Å²) in [5, 5.41) is 7.20. The molecule has 0 aliphatic carbocycles. The largest absolute Gasteiger partial charge is 0.425 e. The van der Waals surface area contributed by atoms with Gasteiger partial charge >= 0.3 is 5.97 Å². The van der Waals surface area contributed by atoms with Gasteiger partial charge in [-0.15, -0.1) is 0 Å². The first kappa shape index (κ1) is 18.9. The fourth-order valence-electron chi connectivity index (χ4n) is 3.12. The first-order chi connectivity index (χ1) is 12.6.